The third-order valence-electron chi connectivity index (χ3n) is 4.47. The predicted molar refractivity (Wildman–Crippen MR) is 79.2 cm³/mol. The maximum atomic E-state index is 11.9. The highest BCUT2D eigenvalue weighted by molar-refractivity contribution is 5.84. The van der Waals surface area contributed by atoms with Crippen LogP contribution in [0.15, 0.2) is 24.3 Å². The molecule has 3 atom stereocenters. The summed E-state index contributed by atoms with van der Waals surface area (Å²) in [5, 5.41) is 13.0. The SMILES string of the molecule is COc1ccccc1NC1(C(=O)O)CCC(C)CC1C. The molecule has 1 aliphatic carbocycles. The lowest BCUT2D eigenvalue weighted by molar-refractivity contribution is -0.145. The standard InChI is InChI=1S/C16H23NO3/c1-11-8-9-16(15(18)19,12(2)10-11)17-13-6-4-5-7-14(13)20-3/h4-7,11-12,17H,8-10H2,1-3H3,(H,18,19). The van der Waals surface area contributed by atoms with E-state index in [2.05, 4.69) is 12.2 Å². The van der Waals surface area contributed by atoms with Crippen molar-refractivity contribution in [2.45, 2.75) is 38.6 Å². The molecule has 0 saturated heterocycles. The van der Waals surface area contributed by atoms with Crippen molar-refractivity contribution >= 4 is 11.7 Å². The lowest BCUT2D eigenvalue weighted by atomic mass is 9.70. The van der Waals surface area contributed by atoms with Crippen molar-refractivity contribution in [3.8, 4) is 5.75 Å². The van der Waals surface area contributed by atoms with Gasteiger partial charge in [0.05, 0.1) is 12.8 Å². The Kier molecular flexibility index (Phi) is 4.21. The number of carboxylic acids is 1. The third kappa shape index (κ3) is 2.60. The molecule has 2 rings (SSSR count). The van der Waals surface area contributed by atoms with Crippen molar-refractivity contribution in [3.05, 3.63) is 24.3 Å². The zero-order chi connectivity index (χ0) is 14.8. The van der Waals surface area contributed by atoms with Crippen LogP contribution in [0.5, 0.6) is 5.75 Å². The summed E-state index contributed by atoms with van der Waals surface area (Å²) in [6.45, 7) is 4.21. The molecule has 0 bridgehead atoms. The van der Waals surface area contributed by atoms with Crippen LogP contribution in [-0.4, -0.2) is 23.7 Å². The molecule has 1 aromatic rings. The van der Waals surface area contributed by atoms with Crippen LogP contribution in [0, 0.1) is 11.8 Å². The number of carbonyl (C=O) groups is 1. The van der Waals surface area contributed by atoms with Gasteiger partial charge in [0.15, 0.2) is 0 Å². The van der Waals surface area contributed by atoms with Gasteiger partial charge in [-0.25, -0.2) is 4.79 Å². The molecule has 2 N–H and O–H groups in total. The first-order chi connectivity index (χ1) is 9.49. The van der Waals surface area contributed by atoms with Crippen molar-refractivity contribution in [2.24, 2.45) is 11.8 Å². The van der Waals surface area contributed by atoms with Crippen LogP contribution in [0.1, 0.15) is 33.1 Å². The highest BCUT2D eigenvalue weighted by Gasteiger charge is 2.47. The second kappa shape index (κ2) is 5.73. The highest BCUT2D eigenvalue weighted by atomic mass is 16.5. The van der Waals surface area contributed by atoms with Gasteiger partial charge in [-0.3, -0.25) is 0 Å². The summed E-state index contributed by atoms with van der Waals surface area (Å²) in [6.07, 6.45) is 2.50. The van der Waals surface area contributed by atoms with E-state index in [4.69, 9.17) is 4.74 Å². The second-order valence-corrected chi connectivity index (χ2v) is 5.88. The van der Waals surface area contributed by atoms with E-state index in [1.54, 1.807) is 7.11 Å². The Labute approximate surface area is 120 Å². The van der Waals surface area contributed by atoms with Gasteiger partial charge in [-0.05, 0) is 43.2 Å². The summed E-state index contributed by atoms with van der Waals surface area (Å²) in [7, 11) is 1.60. The maximum Gasteiger partial charge on any atom is 0.329 e. The van der Waals surface area contributed by atoms with Gasteiger partial charge >= 0.3 is 5.97 Å². The molecule has 0 radical (unpaired) electrons. The smallest absolute Gasteiger partial charge is 0.329 e. The van der Waals surface area contributed by atoms with E-state index < -0.39 is 11.5 Å². The van der Waals surface area contributed by atoms with Crippen molar-refractivity contribution < 1.29 is 14.6 Å². The number of para-hydroxylation sites is 2. The molecule has 0 aromatic heterocycles. The van der Waals surface area contributed by atoms with Gasteiger partial charge in [-0.15, -0.1) is 0 Å². The number of benzene rings is 1. The number of ether oxygens (including phenoxy) is 1. The molecule has 1 fully saturated rings. The Balaban J connectivity index is 2.32. The van der Waals surface area contributed by atoms with Gasteiger partial charge < -0.3 is 15.2 Å². The zero-order valence-corrected chi connectivity index (χ0v) is 12.3. The lowest BCUT2D eigenvalue weighted by Gasteiger charge is -2.42. The van der Waals surface area contributed by atoms with Crippen LogP contribution in [0.3, 0.4) is 0 Å². The summed E-state index contributed by atoms with van der Waals surface area (Å²) in [4.78, 5) is 11.9. The van der Waals surface area contributed by atoms with Crippen LogP contribution in [0.25, 0.3) is 0 Å². The van der Waals surface area contributed by atoms with E-state index in [1.807, 2.05) is 31.2 Å². The summed E-state index contributed by atoms with van der Waals surface area (Å²) < 4.78 is 5.31. The molecule has 3 unspecified atom stereocenters. The molecular formula is C16H23NO3. The summed E-state index contributed by atoms with van der Waals surface area (Å²) >= 11 is 0. The fourth-order valence-electron chi connectivity index (χ4n) is 3.19. The van der Waals surface area contributed by atoms with Crippen molar-refractivity contribution in [1.29, 1.82) is 0 Å². The third-order valence-corrected chi connectivity index (χ3v) is 4.47. The summed E-state index contributed by atoms with van der Waals surface area (Å²) in [6, 6.07) is 7.47. The Hall–Kier alpha value is -1.71. The minimum Gasteiger partial charge on any atom is -0.495 e. The molecule has 0 spiro atoms. The van der Waals surface area contributed by atoms with Crippen LogP contribution >= 0.6 is 0 Å². The van der Waals surface area contributed by atoms with Gasteiger partial charge in [0, 0.05) is 0 Å². The molecule has 1 aliphatic rings. The monoisotopic (exact) mass is 277 g/mol. The lowest BCUT2D eigenvalue weighted by Crippen LogP contribution is -2.54. The molecule has 0 amide bonds. The van der Waals surface area contributed by atoms with Crippen molar-refractivity contribution in [2.75, 3.05) is 12.4 Å². The van der Waals surface area contributed by atoms with Crippen LogP contribution < -0.4 is 10.1 Å². The number of carboxylic acid groups (broad SMARTS) is 1. The second-order valence-electron chi connectivity index (χ2n) is 5.88. The van der Waals surface area contributed by atoms with E-state index in [0.29, 0.717) is 18.1 Å². The van der Waals surface area contributed by atoms with E-state index in [-0.39, 0.29) is 5.92 Å². The van der Waals surface area contributed by atoms with Gasteiger partial charge in [0.1, 0.15) is 11.3 Å². The highest BCUT2D eigenvalue weighted by Crippen LogP contribution is 2.40. The normalized spacial score (nSPS) is 29.8. The predicted octanol–water partition coefficient (Wildman–Crippen LogP) is 3.39. The average molecular weight is 277 g/mol. The molecule has 1 aromatic carbocycles. The maximum absolute atomic E-state index is 11.9. The fourth-order valence-corrected chi connectivity index (χ4v) is 3.19. The van der Waals surface area contributed by atoms with E-state index in [1.165, 1.54) is 0 Å². The first-order valence-corrected chi connectivity index (χ1v) is 7.14. The Morgan fingerprint density at radius 3 is 2.70 bits per heavy atom. The van der Waals surface area contributed by atoms with Gasteiger partial charge in [-0.1, -0.05) is 26.0 Å². The Morgan fingerprint density at radius 2 is 2.10 bits per heavy atom. The minimum absolute atomic E-state index is 0.0775. The molecular weight excluding hydrogens is 254 g/mol. The fraction of sp³-hybridized carbons (Fsp3) is 0.562. The topological polar surface area (TPSA) is 58.6 Å². The number of hydrogen-bond donors (Lipinski definition) is 2. The van der Waals surface area contributed by atoms with Crippen LogP contribution in [0.4, 0.5) is 5.69 Å². The quantitative estimate of drug-likeness (QED) is 0.885. The number of rotatable bonds is 4. The molecule has 0 aliphatic heterocycles. The largest absolute Gasteiger partial charge is 0.495 e. The minimum atomic E-state index is -0.902. The first-order valence-electron chi connectivity index (χ1n) is 7.14. The number of methoxy groups -OCH3 is 1. The van der Waals surface area contributed by atoms with Crippen molar-refractivity contribution in [3.63, 3.8) is 0 Å². The van der Waals surface area contributed by atoms with Crippen LogP contribution in [-0.2, 0) is 4.79 Å². The Morgan fingerprint density at radius 1 is 1.40 bits per heavy atom. The van der Waals surface area contributed by atoms with Gasteiger partial charge in [-0.2, -0.15) is 0 Å². The first kappa shape index (κ1) is 14.7. The van der Waals surface area contributed by atoms with E-state index in [0.717, 1.165) is 18.5 Å². The number of nitrogens with one attached hydrogen (secondary N) is 1. The molecule has 0 heterocycles. The molecule has 20 heavy (non-hydrogen) atoms. The molecule has 4 heteroatoms. The van der Waals surface area contributed by atoms with E-state index in [9.17, 15) is 9.90 Å². The molecule has 4 nitrogen and oxygen atoms in total. The van der Waals surface area contributed by atoms with Gasteiger partial charge in [0.2, 0.25) is 0 Å². The Bertz CT molecular complexity index is 488. The summed E-state index contributed by atoms with van der Waals surface area (Å²) in [5.41, 5.74) is -0.153. The van der Waals surface area contributed by atoms with E-state index >= 15 is 0 Å². The van der Waals surface area contributed by atoms with Crippen molar-refractivity contribution in [1.82, 2.24) is 0 Å². The number of aliphatic carboxylic acids is 1. The zero-order valence-electron chi connectivity index (χ0n) is 12.3. The molecule has 1 saturated carbocycles. The molecule has 110 valence electrons. The van der Waals surface area contributed by atoms with Crippen LogP contribution in [0.2, 0.25) is 0 Å². The number of anilines is 1. The number of hydrogen-bond acceptors (Lipinski definition) is 3. The average Bonchev–Trinajstić information content (AvgIpc) is 2.42. The van der Waals surface area contributed by atoms with Gasteiger partial charge in [0.25, 0.3) is 0 Å². The summed E-state index contributed by atoms with van der Waals surface area (Å²) in [5.74, 6) is 0.562.